The van der Waals surface area contributed by atoms with Crippen molar-refractivity contribution in [1.29, 1.82) is 0 Å². The molecule has 0 aliphatic carbocycles. The summed E-state index contributed by atoms with van der Waals surface area (Å²) < 4.78 is 1.71. The number of ketones is 1. The highest BCUT2D eigenvalue weighted by Crippen LogP contribution is 2.10. The van der Waals surface area contributed by atoms with Gasteiger partial charge in [-0.15, -0.1) is 6.58 Å². The van der Waals surface area contributed by atoms with Crippen molar-refractivity contribution in [2.45, 2.75) is 12.8 Å². The van der Waals surface area contributed by atoms with Gasteiger partial charge in [-0.05, 0) is 18.6 Å². The van der Waals surface area contributed by atoms with Crippen LogP contribution in [0.3, 0.4) is 0 Å². The van der Waals surface area contributed by atoms with Crippen LogP contribution in [0.25, 0.3) is 5.69 Å². The van der Waals surface area contributed by atoms with Gasteiger partial charge in [0.1, 0.15) is 0 Å². The smallest absolute Gasteiger partial charge is 0.166 e. The van der Waals surface area contributed by atoms with E-state index in [9.17, 15) is 4.79 Å². The molecule has 3 nitrogen and oxygen atoms in total. The van der Waals surface area contributed by atoms with E-state index in [4.69, 9.17) is 0 Å². The van der Waals surface area contributed by atoms with Gasteiger partial charge in [0.15, 0.2) is 5.78 Å². The number of rotatable bonds is 5. The van der Waals surface area contributed by atoms with E-state index in [1.54, 1.807) is 23.2 Å². The van der Waals surface area contributed by atoms with Crippen molar-refractivity contribution in [2.75, 3.05) is 0 Å². The number of para-hydroxylation sites is 1. The average Bonchev–Trinajstić information content (AvgIpc) is 2.86. The lowest BCUT2D eigenvalue weighted by Gasteiger charge is -1.98. The first-order chi connectivity index (χ1) is 8.31. The quantitative estimate of drug-likeness (QED) is 0.580. The Bertz CT molecular complexity index is 514. The molecular formula is C14H14N2O. The number of aromatic nitrogens is 2. The van der Waals surface area contributed by atoms with E-state index in [0.717, 1.165) is 5.69 Å². The van der Waals surface area contributed by atoms with Crippen molar-refractivity contribution in [3.8, 4) is 5.69 Å². The van der Waals surface area contributed by atoms with Gasteiger partial charge in [0.05, 0.1) is 17.4 Å². The molecule has 0 fully saturated rings. The first-order valence-electron chi connectivity index (χ1n) is 5.55. The number of hydrogen-bond acceptors (Lipinski definition) is 2. The Balaban J connectivity index is 2.16. The molecule has 3 heteroatoms. The van der Waals surface area contributed by atoms with Gasteiger partial charge in [-0.1, -0.05) is 24.3 Å². The molecule has 0 aliphatic rings. The molecule has 1 aromatic carbocycles. The topological polar surface area (TPSA) is 34.9 Å². The second kappa shape index (κ2) is 5.25. The molecule has 0 N–H and O–H groups in total. The van der Waals surface area contributed by atoms with Crippen molar-refractivity contribution in [1.82, 2.24) is 9.78 Å². The van der Waals surface area contributed by atoms with Gasteiger partial charge in [0.2, 0.25) is 0 Å². The Morgan fingerprint density at radius 1 is 1.35 bits per heavy atom. The van der Waals surface area contributed by atoms with E-state index in [1.807, 2.05) is 30.3 Å². The van der Waals surface area contributed by atoms with Gasteiger partial charge in [-0.25, -0.2) is 4.68 Å². The van der Waals surface area contributed by atoms with E-state index >= 15 is 0 Å². The number of carbonyl (C=O) groups is 1. The monoisotopic (exact) mass is 226 g/mol. The zero-order valence-electron chi connectivity index (χ0n) is 9.54. The van der Waals surface area contributed by atoms with Crippen molar-refractivity contribution in [2.24, 2.45) is 0 Å². The van der Waals surface area contributed by atoms with E-state index in [0.29, 0.717) is 18.4 Å². The highest BCUT2D eigenvalue weighted by Gasteiger charge is 2.08. The molecule has 0 unspecified atom stereocenters. The van der Waals surface area contributed by atoms with Gasteiger partial charge in [-0.3, -0.25) is 4.79 Å². The highest BCUT2D eigenvalue weighted by atomic mass is 16.1. The molecule has 0 amide bonds. The molecule has 0 saturated carbocycles. The predicted molar refractivity (Wildman–Crippen MR) is 67.3 cm³/mol. The highest BCUT2D eigenvalue weighted by molar-refractivity contribution is 5.95. The van der Waals surface area contributed by atoms with Crippen molar-refractivity contribution < 1.29 is 4.79 Å². The summed E-state index contributed by atoms with van der Waals surface area (Å²) in [5.41, 5.74) is 1.60. The number of nitrogens with zero attached hydrogens (tertiary/aromatic N) is 2. The maximum absolute atomic E-state index is 11.7. The minimum atomic E-state index is 0.104. The fourth-order valence-electron chi connectivity index (χ4n) is 1.57. The van der Waals surface area contributed by atoms with Crippen LogP contribution in [0.4, 0.5) is 0 Å². The zero-order chi connectivity index (χ0) is 12.1. The normalized spacial score (nSPS) is 10.1. The third-order valence-electron chi connectivity index (χ3n) is 2.50. The molecule has 1 heterocycles. The first kappa shape index (κ1) is 11.3. The Morgan fingerprint density at radius 3 is 2.82 bits per heavy atom. The zero-order valence-corrected chi connectivity index (χ0v) is 9.54. The third-order valence-corrected chi connectivity index (χ3v) is 2.50. The average molecular weight is 226 g/mol. The standard InChI is InChI=1S/C14H14N2O/c1-2-3-9-14(17)12-10-15-16(11-12)13-7-5-4-6-8-13/h2,4-8,10-11H,1,3,9H2. The molecule has 1 aromatic heterocycles. The second-order valence-electron chi connectivity index (χ2n) is 3.76. The molecule has 0 spiro atoms. The van der Waals surface area contributed by atoms with E-state index < -0.39 is 0 Å². The Labute approximate surface area is 100 Å². The molecular weight excluding hydrogens is 212 g/mol. The summed E-state index contributed by atoms with van der Waals surface area (Å²) in [5.74, 6) is 0.104. The molecule has 0 saturated heterocycles. The number of carbonyl (C=O) groups excluding carboxylic acids is 1. The van der Waals surface area contributed by atoms with Crippen LogP contribution in [0.5, 0.6) is 0 Å². The lowest BCUT2D eigenvalue weighted by molar-refractivity contribution is 0.0983. The Kier molecular flexibility index (Phi) is 3.50. The van der Waals surface area contributed by atoms with Gasteiger partial charge in [-0.2, -0.15) is 5.10 Å². The lowest BCUT2D eigenvalue weighted by atomic mass is 10.1. The van der Waals surface area contributed by atoms with Crippen LogP contribution in [0.1, 0.15) is 23.2 Å². The van der Waals surface area contributed by atoms with Crippen LogP contribution in [0, 0.1) is 0 Å². The molecule has 2 rings (SSSR count). The number of Topliss-reactive ketones (excluding diaryl/α,β-unsaturated/α-hetero) is 1. The van der Waals surface area contributed by atoms with Crippen molar-refractivity contribution in [3.05, 3.63) is 60.9 Å². The van der Waals surface area contributed by atoms with Gasteiger partial charge >= 0.3 is 0 Å². The van der Waals surface area contributed by atoms with Crippen LogP contribution in [-0.2, 0) is 0 Å². The fourth-order valence-corrected chi connectivity index (χ4v) is 1.57. The SMILES string of the molecule is C=CCCC(=O)c1cnn(-c2ccccc2)c1. The summed E-state index contributed by atoms with van der Waals surface area (Å²) in [6.45, 7) is 3.61. The maximum atomic E-state index is 11.7. The van der Waals surface area contributed by atoms with Crippen LogP contribution in [-0.4, -0.2) is 15.6 Å². The summed E-state index contributed by atoms with van der Waals surface area (Å²) in [7, 11) is 0. The lowest BCUT2D eigenvalue weighted by Crippen LogP contribution is -1.97. The van der Waals surface area contributed by atoms with E-state index in [-0.39, 0.29) is 5.78 Å². The summed E-state index contributed by atoms with van der Waals surface area (Å²) in [4.78, 5) is 11.7. The third kappa shape index (κ3) is 2.69. The summed E-state index contributed by atoms with van der Waals surface area (Å²) >= 11 is 0. The number of benzene rings is 1. The molecule has 0 atom stereocenters. The Hall–Kier alpha value is -2.16. The largest absolute Gasteiger partial charge is 0.294 e. The fraction of sp³-hybridized carbons (Fsp3) is 0.143. The molecule has 2 aromatic rings. The van der Waals surface area contributed by atoms with Crippen LogP contribution in [0.15, 0.2) is 55.4 Å². The van der Waals surface area contributed by atoms with Crippen LogP contribution in [0.2, 0.25) is 0 Å². The minimum absolute atomic E-state index is 0.104. The predicted octanol–water partition coefficient (Wildman–Crippen LogP) is 3.02. The van der Waals surface area contributed by atoms with Gasteiger partial charge < -0.3 is 0 Å². The summed E-state index contributed by atoms with van der Waals surface area (Å²) in [5, 5.41) is 4.19. The van der Waals surface area contributed by atoms with Gasteiger partial charge in [0.25, 0.3) is 0 Å². The number of allylic oxidation sites excluding steroid dienone is 1. The molecule has 0 bridgehead atoms. The van der Waals surface area contributed by atoms with Crippen molar-refractivity contribution >= 4 is 5.78 Å². The number of hydrogen-bond donors (Lipinski definition) is 0. The summed E-state index contributed by atoms with van der Waals surface area (Å²) in [6, 6.07) is 9.73. The maximum Gasteiger partial charge on any atom is 0.166 e. The first-order valence-corrected chi connectivity index (χ1v) is 5.55. The molecule has 17 heavy (non-hydrogen) atoms. The molecule has 86 valence electrons. The second-order valence-corrected chi connectivity index (χ2v) is 3.76. The van der Waals surface area contributed by atoms with Crippen molar-refractivity contribution in [3.63, 3.8) is 0 Å². The van der Waals surface area contributed by atoms with Gasteiger partial charge in [0, 0.05) is 12.6 Å². The summed E-state index contributed by atoms with van der Waals surface area (Å²) in [6.07, 6.45) is 6.32. The molecule has 0 aliphatic heterocycles. The van der Waals surface area contributed by atoms with E-state index in [1.165, 1.54) is 0 Å². The Morgan fingerprint density at radius 2 is 2.12 bits per heavy atom. The van der Waals surface area contributed by atoms with Crippen LogP contribution < -0.4 is 0 Å². The van der Waals surface area contributed by atoms with E-state index in [2.05, 4.69) is 11.7 Å². The van der Waals surface area contributed by atoms with Crippen LogP contribution >= 0.6 is 0 Å². The minimum Gasteiger partial charge on any atom is -0.294 e. The molecule has 0 radical (unpaired) electrons.